The highest BCUT2D eigenvalue weighted by Crippen LogP contribution is 2.54. The van der Waals surface area contributed by atoms with Gasteiger partial charge in [-0.1, -0.05) is 15.9 Å². The molecule has 3 N–H and O–H groups in total. The van der Waals surface area contributed by atoms with Crippen LogP contribution >= 0.6 is 10.8 Å². The predicted octanol–water partition coefficient (Wildman–Crippen LogP) is 4.84. The molecule has 0 atom stereocenters. The maximum absolute atomic E-state index is 11.8. The second-order valence-electron chi connectivity index (χ2n) is 6.84. The molecule has 4 rings (SSSR count). The summed E-state index contributed by atoms with van der Waals surface area (Å²) in [7, 11) is -3.41. The molecule has 2 heterocycles. The normalized spacial score (nSPS) is 15.5. The lowest BCUT2D eigenvalue weighted by molar-refractivity contribution is 0.393. The lowest BCUT2D eigenvalue weighted by atomic mass is 10.0. The van der Waals surface area contributed by atoms with Crippen LogP contribution in [0.3, 0.4) is 0 Å². The first-order valence-corrected chi connectivity index (χ1v) is 10.3. The molecule has 0 bridgehead atoms. The van der Waals surface area contributed by atoms with E-state index in [4.69, 9.17) is 4.52 Å². The van der Waals surface area contributed by atoms with Gasteiger partial charge in [-0.15, -0.1) is 0 Å². The molecule has 1 aliphatic carbocycles. The molecular formula is C19H21N3O4S. The van der Waals surface area contributed by atoms with Crippen molar-refractivity contribution in [2.45, 2.75) is 44.4 Å². The number of hydrogen-bond donors (Lipinski definition) is 3. The molecule has 0 aliphatic heterocycles. The predicted molar refractivity (Wildman–Crippen MR) is 107 cm³/mol. The number of aryl methyl sites for hydroxylation is 2. The van der Waals surface area contributed by atoms with Crippen LogP contribution in [-0.2, 0) is 0 Å². The van der Waals surface area contributed by atoms with Gasteiger partial charge in [0.1, 0.15) is 5.76 Å². The summed E-state index contributed by atoms with van der Waals surface area (Å²) in [4.78, 5) is 14.9. The standard InChI is InChI=1S/C19H21N3O4S/c1-11-19(12(2)26-21-11)13-9-16-15(7-8-18(23)20-16)17(10-13)27(24,25)22-14-5-3-4-6-14/h7-10,24-25H,3-6H2,1-2H3,(H,20,23). The van der Waals surface area contributed by atoms with Crippen molar-refractivity contribution in [1.29, 1.82) is 0 Å². The smallest absolute Gasteiger partial charge is 0.248 e. The minimum atomic E-state index is -3.41. The van der Waals surface area contributed by atoms with Crippen LogP contribution < -0.4 is 5.56 Å². The van der Waals surface area contributed by atoms with Crippen LogP contribution in [0.4, 0.5) is 0 Å². The van der Waals surface area contributed by atoms with Crippen molar-refractivity contribution in [3.05, 3.63) is 46.1 Å². The summed E-state index contributed by atoms with van der Waals surface area (Å²) in [6, 6.07) is 6.48. The van der Waals surface area contributed by atoms with Gasteiger partial charge in [-0.3, -0.25) is 13.9 Å². The highest BCUT2D eigenvalue weighted by molar-refractivity contribution is 8.23. The molecule has 0 radical (unpaired) electrons. The fourth-order valence-corrected chi connectivity index (χ4v) is 5.00. The lowest BCUT2D eigenvalue weighted by Crippen LogP contribution is -2.06. The van der Waals surface area contributed by atoms with Crippen LogP contribution in [0.5, 0.6) is 0 Å². The number of nitrogens with zero attached hydrogens (tertiary/aromatic N) is 2. The van der Waals surface area contributed by atoms with Crippen molar-refractivity contribution in [1.82, 2.24) is 10.1 Å². The number of fused-ring (bicyclic) bond motifs is 1. The molecule has 27 heavy (non-hydrogen) atoms. The second kappa shape index (κ2) is 6.63. The molecule has 142 valence electrons. The van der Waals surface area contributed by atoms with Crippen LogP contribution in [0.25, 0.3) is 22.0 Å². The molecular weight excluding hydrogens is 366 g/mol. The number of benzene rings is 1. The Balaban J connectivity index is 1.98. The van der Waals surface area contributed by atoms with Gasteiger partial charge in [-0.25, -0.2) is 0 Å². The van der Waals surface area contributed by atoms with Crippen LogP contribution in [0.1, 0.15) is 37.1 Å². The average Bonchev–Trinajstić information content (AvgIpc) is 3.22. The van der Waals surface area contributed by atoms with Crippen molar-refractivity contribution in [2.24, 2.45) is 4.40 Å². The van der Waals surface area contributed by atoms with E-state index in [9.17, 15) is 13.9 Å². The quantitative estimate of drug-likeness (QED) is 0.595. The number of aromatic nitrogens is 2. The molecule has 0 spiro atoms. The SMILES string of the molecule is Cc1noc(C)c1-c1cc(S(O)(O)N=C2CCCC2)c2ccc(=O)[nH]c2c1. The Kier molecular flexibility index (Phi) is 4.41. The van der Waals surface area contributed by atoms with E-state index in [0.717, 1.165) is 37.0 Å². The summed E-state index contributed by atoms with van der Waals surface area (Å²) in [6.07, 6.45) is 3.60. The summed E-state index contributed by atoms with van der Waals surface area (Å²) in [6.45, 7) is 3.61. The Labute approximate surface area is 157 Å². The fraction of sp³-hybridized carbons (Fsp3) is 0.316. The molecule has 2 aromatic heterocycles. The zero-order valence-electron chi connectivity index (χ0n) is 15.2. The third-order valence-electron chi connectivity index (χ3n) is 4.86. The molecule has 3 aromatic rings. The maximum Gasteiger partial charge on any atom is 0.248 e. The Morgan fingerprint density at radius 1 is 1.19 bits per heavy atom. The summed E-state index contributed by atoms with van der Waals surface area (Å²) >= 11 is 0. The van der Waals surface area contributed by atoms with Gasteiger partial charge in [0, 0.05) is 22.7 Å². The van der Waals surface area contributed by atoms with Gasteiger partial charge in [0.15, 0.2) is 0 Å². The van der Waals surface area contributed by atoms with Gasteiger partial charge in [0.25, 0.3) is 0 Å². The molecule has 0 unspecified atom stereocenters. The highest BCUT2D eigenvalue weighted by atomic mass is 32.3. The van der Waals surface area contributed by atoms with E-state index in [1.807, 2.05) is 6.92 Å². The number of pyridine rings is 1. The zero-order valence-corrected chi connectivity index (χ0v) is 16.0. The number of hydrogen-bond acceptors (Lipinski definition) is 6. The number of rotatable bonds is 3. The summed E-state index contributed by atoms with van der Waals surface area (Å²) < 4.78 is 31.3. The first-order valence-electron chi connectivity index (χ1n) is 8.81. The lowest BCUT2D eigenvalue weighted by Gasteiger charge is -2.29. The Morgan fingerprint density at radius 2 is 1.93 bits per heavy atom. The molecule has 0 saturated heterocycles. The first-order chi connectivity index (χ1) is 12.8. The molecule has 7 nitrogen and oxygen atoms in total. The van der Waals surface area contributed by atoms with Gasteiger partial charge < -0.3 is 9.51 Å². The van der Waals surface area contributed by atoms with Crippen molar-refractivity contribution >= 4 is 27.4 Å². The average molecular weight is 387 g/mol. The summed E-state index contributed by atoms with van der Waals surface area (Å²) in [5, 5.41) is 4.53. The van der Waals surface area contributed by atoms with Crippen LogP contribution in [-0.4, -0.2) is 25.0 Å². The van der Waals surface area contributed by atoms with E-state index in [1.54, 1.807) is 25.1 Å². The zero-order chi connectivity index (χ0) is 19.2. The van der Waals surface area contributed by atoms with Crippen molar-refractivity contribution in [3.63, 3.8) is 0 Å². The second-order valence-corrected chi connectivity index (χ2v) is 8.50. The topological polar surface area (TPSA) is 112 Å². The fourth-order valence-electron chi connectivity index (χ4n) is 3.61. The first kappa shape index (κ1) is 18.0. The van der Waals surface area contributed by atoms with E-state index >= 15 is 0 Å². The minimum Gasteiger partial charge on any atom is -0.361 e. The van der Waals surface area contributed by atoms with Gasteiger partial charge in [-0.2, -0.15) is 4.40 Å². The number of nitrogens with one attached hydrogen (secondary N) is 1. The Morgan fingerprint density at radius 3 is 2.59 bits per heavy atom. The van der Waals surface area contributed by atoms with Crippen molar-refractivity contribution in [2.75, 3.05) is 0 Å². The van der Waals surface area contributed by atoms with E-state index in [2.05, 4.69) is 14.5 Å². The Hall–Kier alpha value is -2.42. The van der Waals surface area contributed by atoms with E-state index < -0.39 is 10.8 Å². The minimum absolute atomic E-state index is 0.261. The number of H-pyrrole nitrogens is 1. The highest BCUT2D eigenvalue weighted by Gasteiger charge is 2.23. The van der Waals surface area contributed by atoms with Gasteiger partial charge in [0.2, 0.25) is 5.56 Å². The largest absolute Gasteiger partial charge is 0.361 e. The molecule has 0 amide bonds. The number of aromatic amines is 1. The molecule has 1 aromatic carbocycles. The monoisotopic (exact) mass is 387 g/mol. The van der Waals surface area contributed by atoms with Crippen molar-refractivity contribution in [3.8, 4) is 11.1 Å². The Bertz CT molecular complexity index is 1090. The van der Waals surface area contributed by atoms with E-state index in [1.165, 1.54) is 6.07 Å². The summed E-state index contributed by atoms with van der Waals surface area (Å²) in [5.74, 6) is 0.620. The maximum atomic E-state index is 11.8. The van der Waals surface area contributed by atoms with Crippen molar-refractivity contribution < 1.29 is 13.6 Å². The third kappa shape index (κ3) is 3.31. The summed E-state index contributed by atoms with van der Waals surface area (Å²) in [5.41, 5.74) is 3.24. The molecule has 1 saturated carbocycles. The van der Waals surface area contributed by atoms with E-state index in [0.29, 0.717) is 32.8 Å². The van der Waals surface area contributed by atoms with Crippen LogP contribution in [0.2, 0.25) is 0 Å². The van der Waals surface area contributed by atoms with Crippen LogP contribution in [0, 0.1) is 13.8 Å². The molecule has 8 heteroatoms. The van der Waals surface area contributed by atoms with Gasteiger partial charge in [-0.05, 0) is 63.3 Å². The molecule has 1 aliphatic rings. The van der Waals surface area contributed by atoms with Crippen LogP contribution in [0.15, 0.2) is 42.9 Å². The third-order valence-corrected chi connectivity index (χ3v) is 6.30. The van der Waals surface area contributed by atoms with Gasteiger partial charge in [0.05, 0.1) is 16.1 Å². The van der Waals surface area contributed by atoms with E-state index in [-0.39, 0.29) is 5.56 Å². The molecule has 1 fully saturated rings. The van der Waals surface area contributed by atoms with Gasteiger partial charge >= 0.3 is 0 Å².